The van der Waals surface area contributed by atoms with Gasteiger partial charge in [0, 0.05) is 90.6 Å². The van der Waals surface area contributed by atoms with Crippen LogP contribution in [0.3, 0.4) is 0 Å². The van der Waals surface area contributed by atoms with Crippen LogP contribution in [0.15, 0.2) is 66.9 Å². The highest BCUT2D eigenvalue weighted by molar-refractivity contribution is 6.36. The van der Waals surface area contributed by atoms with E-state index in [4.69, 9.17) is 28.9 Å². The summed E-state index contributed by atoms with van der Waals surface area (Å²) >= 11 is 12.8. The number of piperidine rings is 1. The summed E-state index contributed by atoms with van der Waals surface area (Å²) in [6.07, 6.45) is -1.62. The molecule has 2 aliphatic rings. The number of piperazine rings is 1. The summed E-state index contributed by atoms with van der Waals surface area (Å²) in [5.74, 6) is -0.429. The number of alkyl halides is 3. The first kappa shape index (κ1) is 34.5. The molecule has 0 bridgehead atoms. The van der Waals surface area contributed by atoms with Crippen molar-refractivity contribution in [2.75, 3.05) is 45.8 Å². The predicted molar refractivity (Wildman–Crippen MR) is 183 cm³/mol. The second-order valence-corrected chi connectivity index (χ2v) is 13.4. The van der Waals surface area contributed by atoms with Gasteiger partial charge in [-0.25, -0.2) is 0 Å². The molecule has 1 amide bonds. The summed E-state index contributed by atoms with van der Waals surface area (Å²) in [6.45, 7) is 7.28. The number of nitrogens with one attached hydrogen (secondary N) is 2. The summed E-state index contributed by atoms with van der Waals surface area (Å²) in [5, 5.41) is 8.58. The van der Waals surface area contributed by atoms with Crippen LogP contribution in [0.2, 0.25) is 10.0 Å². The first-order valence-corrected chi connectivity index (χ1v) is 16.9. The molecule has 1 aromatic heterocycles. The molecule has 0 saturated carbocycles. The Kier molecular flexibility index (Phi) is 10.5. The minimum absolute atomic E-state index is 0.154. The standard InChI is InChI=1S/C35H39Cl2F3N6O2/c36-30-2-1-3-31(37)29(30)22-45-18-16-44(17-19-45)21-24-4-9-32-27(20-24)28(25-5-7-26(8-6-25)48-35(38,39)40)23-46(32)15-14-43-33(47)34(41)10-12-42-13-11-34/h1-9,20,23,42H,10-19,21-22,41H2,(H,43,47). The number of fused-ring (bicyclic) bond motifs is 1. The molecule has 0 unspecified atom stereocenters. The van der Waals surface area contributed by atoms with Gasteiger partial charge in [0.25, 0.3) is 0 Å². The van der Waals surface area contributed by atoms with Crippen LogP contribution in [0.4, 0.5) is 13.2 Å². The Hall–Kier alpha value is -3.32. The van der Waals surface area contributed by atoms with E-state index in [-0.39, 0.29) is 11.7 Å². The Morgan fingerprint density at radius 2 is 1.58 bits per heavy atom. The van der Waals surface area contributed by atoms with Crippen LogP contribution in [0, 0.1) is 0 Å². The number of halogens is 5. The molecule has 0 spiro atoms. The molecule has 4 N–H and O–H groups in total. The summed E-state index contributed by atoms with van der Waals surface area (Å²) in [5.41, 5.74) is 10.2. The van der Waals surface area contributed by atoms with E-state index < -0.39 is 11.9 Å². The second-order valence-electron chi connectivity index (χ2n) is 12.6. The zero-order valence-corrected chi connectivity index (χ0v) is 28.0. The molecule has 2 saturated heterocycles. The predicted octanol–water partition coefficient (Wildman–Crippen LogP) is 6.03. The van der Waals surface area contributed by atoms with Gasteiger partial charge in [-0.15, -0.1) is 13.2 Å². The SMILES string of the molecule is NC1(C(=O)NCCn2cc(-c3ccc(OC(F)(F)F)cc3)c3cc(CN4CCN(Cc5c(Cl)cccc5Cl)CC4)ccc32)CCNCC1. The molecule has 256 valence electrons. The summed E-state index contributed by atoms with van der Waals surface area (Å²) in [7, 11) is 0. The third kappa shape index (κ3) is 8.27. The molecule has 8 nitrogen and oxygen atoms in total. The van der Waals surface area contributed by atoms with Crippen molar-refractivity contribution in [3.05, 3.63) is 88.0 Å². The van der Waals surface area contributed by atoms with Crippen LogP contribution in [-0.2, 0) is 24.4 Å². The van der Waals surface area contributed by atoms with Crippen LogP contribution in [0.5, 0.6) is 5.75 Å². The smallest absolute Gasteiger partial charge is 0.406 e. The number of benzene rings is 3. The molecule has 0 radical (unpaired) electrons. The maximum absolute atomic E-state index is 12.9. The Bertz CT molecular complexity index is 1710. The number of aromatic nitrogens is 1. The molecular weight excluding hydrogens is 664 g/mol. The van der Waals surface area contributed by atoms with Gasteiger partial charge in [-0.2, -0.15) is 0 Å². The molecule has 2 fully saturated rings. The van der Waals surface area contributed by atoms with Gasteiger partial charge in [0.15, 0.2) is 0 Å². The van der Waals surface area contributed by atoms with Crippen molar-refractivity contribution in [2.24, 2.45) is 5.73 Å². The Morgan fingerprint density at radius 1 is 0.938 bits per heavy atom. The maximum Gasteiger partial charge on any atom is 0.573 e. The van der Waals surface area contributed by atoms with Crippen LogP contribution >= 0.6 is 23.2 Å². The van der Waals surface area contributed by atoms with Gasteiger partial charge in [0.05, 0.1) is 5.54 Å². The molecule has 0 aliphatic carbocycles. The highest BCUT2D eigenvalue weighted by Gasteiger charge is 2.35. The van der Waals surface area contributed by atoms with Crippen molar-refractivity contribution in [3.8, 4) is 16.9 Å². The fourth-order valence-corrected chi connectivity index (χ4v) is 7.05. The number of nitrogens with zero attached hydrogens (tertiary/aromatic N) is 3. The minimum Gasteiger partial charge on any atom is -0.406 e. The van der Waals surface area contributed by atoms with Gasteiger partial charge in [-0.1, -0.05) is 47.5 Å². The monoisotopic (exact) mass is 702 g/mol. The van der Waals surface area contributed by atoms with E-state index >= 15 is 0 Å². The van der Waals surface area contributed by atoms with E-state index in [1.54, 1.807) is 12.1 Å². The molecule has 48 heavy (non-hydrogen) atoms. The van der Waals surface area contributed by atoms with Crippen molar-refractivity contribution in [3.63, 3.8) is 0 Å². The van der Waals surface area contributed by atoms with Crippen molar-refractivity contribution < 1.29 is 22.7 Å². The van der Waals surface area contributed by atoms with E-state index in [0.717, 1.165) is 65.9 Å². The number of nitrogens with two attached hydrogens (primary N) is 1. The third-order valence-electron chi connectivity index (χ3n) is 9.25. The van der Waals surface area contributed by atoms with Crippen LogP contribution in [-0.4, -0.2) is 78.0 Å². The topological polar surface area (TPSA) is 87.8 Å². The lowest BCUT2D eigenvalue weighted by molar-refractivity contribution is -0.274. The van der Waals surface area contributed by atoms with E-state index in [2.05, 4.69) is 47.9 Å². The highest BCUT2D eigenvalue weighted by atomic mass is 35.5. The first-order chi connectivity index (χ1) is 23.0. The van der Waals surface area contributed by atoms with E-state index in [0.29, 0.717) is 55.6 Å². The van der Waals surface area contributed by atoms with Crippen LogP contribution in [0.25, 0.3) is 22.0 Å². The normalized spacial score (nSPS) is 17.5. The lowest BCUT2D eigenvalue weighted by Gasteiger charge is -2.35. The quantitative estimate of drug-likeness (QED) is 0.187. The molecule has 2 aliphatic heterocycles. The first-order valence-electron chi connectivity index (χ1n) is 16.1. The number of ether oxygens (including phenoxy) is 1. The van der Waals surface area contributed by atoms with Crippen molar-refractivity contribution in [2.45, 2.75) is 44.4 Å². The van der Waals surface area contributed by atoms with E-state index in [9.17, 15) is 18.0 Å². The van der Waals surface area contributed by atoms with Gasteiger partial charge >= 0.3 is 6.36 Å². The van der Waals surface area contributed by atoms with Gasteiger partial charge in [0.1, 0.15) is 5.75 Å². The van der Waals surface area contributed by atoms with E-state index in [1.807, 2.05) is 24.4 Å². The van der Waals surface area contributed by atoms with Crippen molar-refractivity contribution in [1.82, 2.24) is 25.0 Å². The molecular formula is C35H39Cl2F3N6O2. The Morgan fingerprint density at radius 3 is 2.23 bits per heavy atom. The number of hydrogen-bond acceptors (Lipinski definition) is 6. The number of carbonyl (C=O) groups is 1. The van der Waals surface area contributed by atoms with Crippen molar-refractivity contribution in [1.29, 1.82) is 0 Å². The average Bonchev–Trinajstić information content (AvgIpc) is 3.41. The fraction of sp³-hybridized carbons (Fsp3) is 0.400. The molecule has 13 heteroatoms. The summed E-state index contributed by atoms with van der Waals surface area (Å²) in [6, 6.07) is 17.8. The van der Waals surface area contributed by atoms with Crippen LogP contribution < -0.4 is 21.1 Å². The minimum atomic E-state index is -4.76. The van der Waals surface area contributed by atoms with Gasteiger partial charge in [-0.3, -0.25) is 14.6 Å². The molecule has 4 aromatic rings. The highest BCUT2D eigenvalue weighted by Crippen LogP contribution is 2.34. The third-order valence-corrected chi connectivity index (χ3v) is 9.95. The zero-order valence-electron chi connectivity index (χ0n) is 26.5. The zero-order chi connectivity index (χ0) is 33.9. The molecule has 3 heterocycles. The van der Waals surface area contributed by atoms with Gasteiger partial charge in [-0.05, 0) is 73.5 Å². The fourth-order valence-electron chi connectivity index (χ4n) is 6.53. The molecule has 0 atom stereocenters. The molecule has 3 aromatic carbocycles. The number of hydrogen-bond donors (Lipinski definition) is 3. The lowest BCUT2D eigenvalue weighted by atomic mass is 9.88. The Balaban J connectivity index is 1.18. The largest absolute Gasteiger partial charge is 0.573 e. The van der Waals surface area contributed by atoms with Crippen LogP contribution in [0.1, 0.15) is 24.0 Å². The van der Waals surface area contributed by atoms with Gasteiger partial charge < -0.3 is 25.7 Å². The summed E-state index contributed by atoms with van der Waals surface area (Å²) < 4.78 is 44.6. The lowest BCUT2D eigenvalue weighted by Crippen LogP contribution is -2.59. The number of rotatable bonds is 10. The van der Waals surface area contributed by atoms with Crippen molar-refractivity contribution >= 4 is 40.0 Å². The molecule has 6 rings (SSSR count). The second kappa shape index (κ2) is 14.7. The summed E-state index contributed by atoms with van der Waals surface area (Å²) in [4.78, 5) is 17.7. The number of amides is 1. The number of carbonyl (C=O) groups excluding carboxylic acids is 1. The maximum atomic E-state index is 12.9. The Labute approximate surface area is 287 Å². The van der Waals surface area contributed by atoms with E-state index in [1.165, 1.54) is 12.1 Å². The average molecular weight is 704 g/mol. The van der Waals surface area contributed by atoms with Gasteiger partial charge in [0.2, 0.25) is 5.91 Å².